The summed E-state index contributed by atoms with van der Waals surface area (Å²) < 4.78 is 0. The molecule has 2 aliphatic heterocycles. The van der Waals surface area contributed by atoms with Crippen LogP contribution in [0.2, 0.25) is 0 Å². The number of hydrogen-bond acceptors (Lipinski definition) is 3. The Morgan fingerprint density at radius 2 is 1.83 bits per heavy atom. The molecule has 2 aliphatic rings. The van der Waals surface area contributed by atoms with Crippen molar-refractivity contribution in [3.63, 3.8) is 0 Å². The molecule has 2 aromatic rings. The number of carbonyl (C=O) groups excluding carboxylic acids is 1. The third kappa shape index (κ3) is 3.19. The molecule has 0 saturated carbocycles. The Bertz CT molecular complexity index is 641. The molecule has 1 amide bonds. The zero-order valence-corrected chi connectivity index (χ0v) is 14.0. The highest BCUT2D eigenvalue weighted by molar-refractivity contribution is 7.12. The summed E-state index contributed by atoms with van der Waals surface area (Å²) in [5.41, 5.74) is 1.39. The quantitative estimate of drug-likeness (QED) is 0.930. The second-order valence-electron chi connectivity index (χ2n) is 6.66. The smallest absolute Gasteiger partial charge is 0.261 e. The number of rotatable bonds is 4. The van der Waals surface area contributed by atoms with E-state index in [2.05, 4.69) is 40.5 Å². The minimum absolute atomic E-state index is 0.0981. The van der Waals surface area contributed by atoms with E-state index < -0.39 is 0 Å². The first-order chi connectivity index (χ1) is 11.3. The van der Waals surface area contributed by atoms with Crippen molar-refractivity contribution in [3.05, 3.63) is 58.3 Å². The number of thiophene rings is 1. The van der Waals surface area contributed by atoms with Crippen LogP contribution in [0.5, 0.6) is 0 Å². The van der Waals surface area contributed by atoms with E-state index in [1.807, 2.05) is 17.5 Å². The van der Waals surface area contributed by atoms with Crippen molar-refractivity contribution in [1.82, 2.24) is 10.2 Å². The zero-order valence-electron chi connectivity index (χ0n) is 13.2. The van der Waals surface area contributed by atoms with Crippen LogP contribution in [0.3, 0.4) is 0 Å². The van der Waals surface area contributed by atoms with Gasteiger partial charge in [0.05, 0.1) is 4.88 Å². The van der Waals surface area contributed by atoms with Gasteiger partial charge in [-0.1, -0.05) is 36.4 Å². The second-order valence-corrected chi connectivity index (χ2v) is 7.61. The number of nitrogens with zero attached hydrogens (tertiary/aromatic N) is 1. The van der Waals surface area contributed by atoms with Gasteiger partial charge >= 0.3 is 0 Å². The minimum Gasteiger partial charge on any atom is -0.348 e. The Morgan fingerprint density at radius 1 is 1.09 bits per heavy atom. The molecule has 2 unspecified atom stereocenters. The highest BCUT2D eigenvalue weighted by atomic mass is 32.1. The van der Waals surface area contributed by atoms with Crippen LogP contribution < -0.4 is 5.32 Å². The lowest BCUT2D eigenvalue weighted by Crippen LogP contribution is -2.49. The Balaban J connectivity index is 1.39. The fraction of sp³-hybridized carbons (Fsp3) is 0.421. The van der Waals surface area contributed by atoms with Gasteiger partial charge in [0.1, 0.15) is 0 Å². The van der Waals surface area contributed by atoms with E-state index >= 15 is 0 Å². The number of amides is 1. The number of fused-ring (bicyclic) bond motifs is 2. The molecule has 2 fully saturated rings. The van der Waals surface area contributed by atoms with Crippen molar-refractivity contribution in [2.75, 3.05) is 0 Å². The summed E-state index contributed by atoms with van der Waals surface area (Å²) in [6, 6.07) is 16.1. The SMILES string of the molecule is O=C(NC1CC2CCC(C1)N2Cc1ccccc1)c1cccs1. The van der Waals surface area contributed by atoms with Gasteiger partial charge in [-0.2, -0.15) is 0 Å². The summed E-state index contributed by atoms with van der Waals surface area (Å²) in [6.07, 6.45) is 4.70. The predicted molar refractivity (Wildman–Crippen MR) is 93.6 cm³/mol. The first-order valence-electron chi connectivity index (χ1n) is 8.43. The summed E-state index contributed by atoms with van der Waals surface area (Å²) in [4.78, 5) is 15.7. The zero-order chi connectivity index (χ0) is 15.6. The summed E-state index contributed by atoms with van der Waals surface area (Å²) in [5, 5.41) is 5.21. The number of carbonyl (C=O) groups is 1. The first kappa shape index (κ1) is 14.9. The Labute approximate surface area is 141 Å². The van der Waals surface area contributed by atoms with Gasteiger partial charge in [0.15, 0.2) is 0 Å². The predicted octanol–water partition coefficient (Wildman–Crippen LogP) is 3.67. The van der Waals surface area contributed by atoms with E-state index in [0.717, 1.165) is 24.3 Å². The molecule has 1 aromatic heterocycles. The van der Waals surface area contributed by atoms with Crippen LogP contribution in [0.1, 0.15) is 40.9 Å². The topological polar surface area (TPSA) is 32.3 Å². The normalized spacial score (nSPS) is 27.0. The molecule has 2 saturated heterocycles. The van der Waals surface area contributed by atoms with Gasteiger partial charge in [0.25, 0.3) is 5.91 Å². The average Bonchev–Trinajstić information content (AvgIpc) is 3.17. The highest BCUT2D eigenvalue weighted by Crippen LogP contribution is 2.37. The third-order valence-corrected chi connectivity index (χ3v) is 6.04. The maximum Gasteiger partial charge on any atom is 0.261 e. The van der Waals surface area contributed by atoms with Crippen molar-refractivity contribution in [2.45, 2.75) is 50.4 Å². The molecule has 2 atom stereocenters. The van der Waals surface area contributed by atoms with Gasteiger partial charge < -0.3 is 5.32 Å². The fourth-order valence-electron chi connectivity index (χ4n) is 4.11. The summed E-state index contributed by atoms with van der Waals surface area (Å²) in [5.74, 6) is 0.0981. The number of nitrogens with one attached hydrogen (secondary N) is 1. The maximum absolute atomic E-state index is 12.3. The summed E-state index contributed by atoms with van der Waals surface area (Å²) in [6.45, 7) is 1.04. The lowest BCUT2D eigenvalue weighted by molar-refractivity contribution is 0.0831. The van der Waals surface area contributed by atoms with Crippen molar-refractivity contribution in [3.8, 4) is 0 Å². The molecule has 4 rings (SSSR count). The van der Waals surface area contributed by atoms with E-state index in [-0.39, 0.29) is 5.91 Å². The molecule has 3 nitrogen and oxygen atoms in total. The Hall–Kier alpha value is -1.65. The molecule has 23 heavy (non-hydrogen) atoms. The number of hydrogen-bond donors (Lipinski definition) is 1. The van der Waals surface area contributed by atoms with E-state index in [1.165, 1.54) is 29.7 Å². The monoisotopic (exact) mass is 326 g/mol. The van der Waals surface area contributed by atoms with Crippen molar-refractivity contribution < 1.29 is 4.79 Å². The molecule has 3 heterocycles. The Kier molecular flexibility index (Phi) is 4.19. The molecule has 1 aromatic carbocycles. The van der Waals surface area contributed by atoms with Gasteiger partial charge in [0.2, 0.25) is 0 Å². The van der Waals surface area contributed by atoms with Crippen LogP contribution in [-0.2, 0) is 6.54 Å². The molecule has 0 radical (unpaired) electrons. The average molecular weight is 326 g/mol. The van der Waals surface area contributed by atoms with Gasteiger partial charge in [-0.25, -0.2) is 0 Å². The van der Waals surface area contributed by atoms with Crippen LogP contribution in [0.25, 0.3) is 0 Å². The Morgan fingerprint density at radius 3 is 2.48 bits per heavy atom. The molecular formula is C19H22N2OS. The largest absolute Gasteiger partial charge is 0.348 e. The molecule has 0 spiro atoms. The third-order valence-electron chi connectivity index (χ3n) is 5.17. The molecule has 2 bridgehead atoms. The van der Waals surface area contributed by atoms with E-state index in [9.17, 15) is 4.79 Å². The first-order valence-corrected chi connectivity index (χ1v) is 9.31. The van der Waals surface area contributed by atoms with Crippen LogP contribution in [-0.4, -0.2) is 28.9 Å². The van der Waals surface area contributed by atoms with Gasteiger partial charge in [-0.3, -0.25) is 9.69 Å². The molecule has 0 aliphatic carbocycles. The molecular weight excluding hydrogens is 304 g/mol. The lowest BCUT2D eigenvalue weighted by atomic mass is 9.96. The molecule has 1 N–H and O–H groups in total. The minimum atomic E-state index is 0.0981. The second kappa shape index (κ2) is 6.46. The standard InChI is InChI=1S/C19H22N2OS/c22-19(18-7-4-10-23-18)20-15-11-16-8-9-17(12-15)21(16)13-14-5-2-1-3-6-14/h1-7,10,15-17H,8-9,11-13H2,(H,20,22). The molecule has 4 heteroatoms. The van der Waals surface area contributed by atoms with Crippen LogP contribution in [0, 0.1) is 0 Å². The van der Waals surface area contributed by atoms with E-state index in [0.29, 0.717) is 18.1 Å². The van der Waals surface area contributed by atoms with E-state index in [1.54, 1.807) is 0 Å². The lowest BCUT2D eigenvalue weighted by Gasteiger charge is -2.39. The van der Waals surface area contributed by atoms with Gasteiger partial charge in [-0.15, -0.1) is 11.3 Å². The van der Waals surface area contributed by atoms with Crippen LogP contribution in [0.4, 0.5) is 0 Å². The highest BCUT2D eigenvalue weighted by Gasteiger charge is 2.40. The van der Waals surface area contributed by atoms with Gasteiger partial charge in [-0.05, 0) is 42.7 Å². The summed E-state index contributed by atoms with van der Waals surface area (Å²) in [7, 11) is 0. The van der Waals surface area contributed by atoms with Gasteiger partial charge in [0, 0.05) is 24.7 Å². The molecule has 120 valence electrons. The number of benzene rings is 1. The van der Waals surface area contributed by atoms with Crippen molar-refractivity contribution in [2.24, 2.45) is 0 Å². The maximum atomic E-state index is 12.3. The van der Waals surface area contributed by atoms with Crippen molar-refractivity contribution >= 4 is 17.2 Å². The van der Waals surface area contributed by atoms with Crippen LogP contribution >= 0.6 is 11.3 Å². The van der Waals surface area contributed by atoms with Crippen molar-refractivity contribution in [1.29, 1.82) is 0 Å². The summed E-state index contributed by atoms with van der Waals surface area (Å²) >= 11 is 1.52. The fourth-order valence-corrected chi connectivity index (χ4v) is 4.74. The van der Waals surface area contributed by atoms with Crippen LogP contribution in [0.15, 0.2) is 47.8 Å². The number of piperidine rings is 1. The van der Waals surface area contributed by atoms with E-state index in [4.69, 9.17) is 0 Å².